The molecule has 3 aromatic rings. The van der Waals surface area contributed by atoms with Crippen molar-refractivity contribution < 1.29 is 0 Å². The van der Waals surface area contributed by atoms with Gasteiger partial charge in [0.25, 0.3) is 0 Å². The summed E-state index contributed by atoms with van der Waals surface area (Å²) in [4.78, 5) is 0. The van der Waals surface area contributed by atoms with Gasteiger partial charge in [-0.15, -0.1) is 0 Å². The highest BCUT2D eigenvalue weighted by atomic mass is 14.2. The van der Waals surface area contributed by atoms with E-state index >= 15 is 0 Å². The van der Waals surface area contributed by atoms with E-state index < -0.39 is 0 Å². The van der Waals surface area contributed by atoms with Crippen LogP contribution < -0.4 is 0 Å². The van der Waals surface area contributed by atoms with Crippen LogP contribution in [-0.4, -0.2) is 0 Å². The van der Waals surface area contributed by atoms with Crippen molar-refractivity contribution in [3.05, 3.63) is 94.6 Å². The number of hydrogen-bond donors (Lipinski definition) is 0. The summed E-state index contributed by atoms with van der Waals surface area (Å²) in [7, 11) is 0. The summed E-state index contributed by atoms with van der Waals surface area (Å²) < 4.78 is 0. The molecule has 1 aliphatic rings. The van der Waals surface area contributed by atoms with E-state index in [4.69, 9.17) is 0 Å². The summed E-state index contributed by atoms with van der Waals surface area (Å²) in [5.41, 5.74) is 7.56. The maximum absolute atomic E-state index is 2.46. The van der Waals surface area contributed by atoms with Crippen molar-refractivity contribution in [2.45, 2.75) is 58.3 Å². The Labute approximate surface area is 163 Å². The third-order valence-corrected chi connectivity index (χ3v) is 6.14. The average molecular weight is 355 g/mol. The van der Waals surface area contributed by atoms with Gasteiger partial charge in [0.15, 0.2) is 0 Å². The lowest BCUT2D eigenvalue weighted by molar-refractivity contribution is 0.585. The zero-order valence-electron chi connectivity index (χ0n) is 16.7. The molecule has 0 radical (unpaired) electrons. The fraction of sp³-hybridized carbons (Fsp3) is 0.333. The van der Waals surface area contributed by atoms with Crippen LogP contribution in [0.3, 0.4) is 0 Å². The summed E-state index contributed by atoms with van der Waals surface area (Å²) in [5, 5.41) is 2.76. The highest BCUT2D eigenvalue weighted by Crippen LogP contribution is 2.34. The van der Waals surface area contributed by atoms with Gasteiger partial charge in [0.2, 0.25) is 0 Å². The summed E-state index contributed by atoms with van der Waals surface area (Å²) in [6, 6.07) is 21.2. The highest BCUT2D eigenvalue weighted by Gasteiger charge is 2.20. The lowest BCUT2D eigenvalue weighted by Gasteiger charge is -2.26. The molecule has 0 aromatic heterocycles. The molecule has 0 aliphatic heterocycles. The molecule has 27 heavy (non-hydrogen) atoms. The average Bonchev–Trinajstić information content (AvgIpc) is 2.72. The largest absolute Gasteiger partial charge is 0.0917 e. The van der Waals surface area contributed by atoms with Gasteiger partial charge in [-0.3, -0.25) is 0 Å². The molecule has 1 aliphatic carbocycles. The van der Waals surface area contributed by atoms with Crippen LogP contribution in [0.4, 0.5) is 0 Å². The molecular formula is C27H30. The molecule has 4 rings (SSSR count). The second-order valence-corrected chi connectivity index (χ2v) is 7.94. The molecule has 0 amide bonds. The van der Waals surface area contributed by atoms with Crippen LogP contribution in [0.15, 0.2) is 66.7 Å². The minimum absolute atomic E-state index is 0.654. The molecule has 3 aromatic carbocycles. The number of rotatable bonds is 5. The number of allylic oxidation sites excluding steroid dienone is 2. The van der Waals surface area contributed by atoms with Crippen molar-refractivity contribution >= 4 is 10.8 Å². The maximum Gasteiger partial charge on any atom is -0.0118 e. The fourth-order valence-corrected chi connectivity index (χ4v) is 4.45. The quantitative estimate of drug-likeness (QED) is 0.426. The molecule has 0 bridgehead atoms. The standard InChI is InChI=1S/C27H30/c1-3-5-6-7-21-9-11-25-19-27(15-13-23(25)17-21)26-14-12-22-16-20(4-2)8-10-24(22)18-26/h3,5,8-12,14,16-18,27H,4,6-7,13,15,19H2,1-2H3/b5-3+. The highest BCUT2D eigenvalue weighted by molar-refractivity contribution is 5.84. The van der Waals surface area contributed by atoms with Crippen molar-refractivity contribution in [1.29, 1.82) is 0 Å². The molecule has 1 unspecified atom stereocenters. The monoisotopic (exact) mass is 354 g/mol. The van der Waals surface area contributed by atoms with Gasteiger partial charge in [-0.2, -0.15) is 0 Å². The predicted molar refractivity (Wildman–Crippen MR) is 118 cm³/mol. The lowest BCUT2D eigenvalue weighted by Crippen LogP contribution is -2.13. The van der Waals surface area contributed by atoms with Gasteiger partial charge in [-0.25, -0.2) is 0 Å². The normalized spacial score (nSPS) is 16.7. The fourth-order valence-electron chi connectivity index (χ4n) is 4.45. The van der Waals surface area contributed by atoms with E-state index in [1.165, 1.54) is 46.7 Å². The van der Waals surface area contributed by atoms with Gasteiger partial charge < -0.3 is 0 Å². The van der Waals surface area contributed by atoms with Crippen LogP contribution in [0.1, 0.15) is 60.4 Å². The third-order valence-electron chi connectivity index (χ3n) is 6.14. The minimum Gasteiger partial charge on any atom is -0.0917 e. The van der Waals surface area contributed by atoms with E-state index in [0.717, 1.165) is 19.3 Å². The van der Waals surface area contributed by atoms with Crippen LogP contribution in [-0.2, 0) is 25.7 Å². The van der Waals surface area contributed by atoms with E-state index in [1.54, 1.807) is 11.1 Å². The molecule has 138 valence electrons. The van der Waals surface area contributed by atoms with Crippen LogP contribution in [0, 0.1) is 0 Å². The third kappa shape index (κ3) is 4.00. The van der Waals surface area contributed by atoms with Crippen LogP contribution >= 0.6 is 0 Å². The Bertz CT molecular complexity index is 961. The minimum atomic E-state index is 0.654. The SMILES string of the molecule is C/C=C/CCc1ccc2c(c1)CCC(c1ccc3cc(CC)ccc3c1)C2. The van der Waals surface area contributed by atoms with Crippen molar-refractivity contribution in [1.82, 2.24) is 0 Å². The van der Waals surface area contributed by atoms with E-state index in [2.05, 4.69) is 80.6 Å². The first-order valence-electron chi connectivity index (χ1n) is 10.5. The molecule has 0 fully saturated rings. The van der Waals surface area contributed by atoms with Gasteiger partial charge in [0.05, 0.1) is 0 Å². The first kappa shape index (κ1) is 18.0. The summed E-state index contributed by atoms with van der Waals surface area (Å²) in [6.07, 6.45) is 11.5. The number of aryl methyl sites for hydroxylation is 3. The molecule has 1 atom stereocenters. The van der Waals surface area contributed by atoms with Crippen LogP contribution in [0.2, 0.25) is 0 Å². The van der Waals surface area contributed by atoms with Gasteiger partial charge in [0, 0.05) is 0 Å². The van der Waals surface area contributed by atoms with E-state index in [1.807, 2.05) is 0 Å². The lowest BCUT2D eigenvalue weighted by atomic mass is 9.79. The zero-order chi connectivity index (χ0) is 18.6. The first-order valence-corrected chi connectivity index (χ1v) is 10.5. The zero-order valence-corrected chi connectivity index (χ0v) is 16.7. The Morgan fingerprint density at radius 3 is 2.56 bits per heavy atom. The Balaban J connectivity index is 1.53. The molecule has 0 spiro atoms. The first-order chi connectivity index (χ1) is 13.3. The van der Waals surface area contributed by atoms with E-state index in [0.29, 0.717) is 5.92 Å². The van der Waals surface area contributed by atoms with Gasteiger partial charge in [-0.1, -0.05) is 73.7 Å². The van der Waals surface area contributed by atoms with Crippen molar-refractivity contribution in [2.24, 2.45) is 0 Å². The van der Waals surface area contributed by atoms with Crippen molar-refractivity contribution in [3.8, 4) is 0 Å². The van der Waals surface area contributed by atoms with Crippen molar-refractivity contribution in [2.75, 3.05) is 0 Å². The van der Waals surface area contributed by atoms with Gasteiger partial charge >= 0.3 is 0 Å². The summed E-state index contributed by atoms with van der Waals surface area (Å²) in [5.74, 6) is 0.654. The Morgan fingerprint density at radius 1 is 0.889 bits per heavy atom. The molecular weight excluding hydrogens is 324 g/mol. The van der Waals surface area contributed by atoms with Crippen LogP contribution in [0.25, 0.3) is 10.8 Å². The smallest absolute Gasteiger partial charge is 0.0118 e. The Hall–Kier alpha value is -2.34. The summed E-state index contributed by atoms with van der Waals surface area (Å²) in [6.45, 7) is 4.32. The van der Waals surface area contributed by atoms with Gasteiger partial charge in [-0.05, 0) is 90.0 Å². The number of fused-ring (bicyclic) bond motifs is 2. The molecule has 0 saturated carbocycles. The molecule has 0 heteroatoms. The van der Waals surface area contributed by atoms with Crippen LogP contribution in [0.5, 0.6) is 0 Å². The second-order valence-electron chi connectivity index (χ2n) is 7.94. The topological polar surface area (TPSA) is 0 Å². The molecule has 0 nitrogen and oxygen atoms in total. The molecule has 0 N–H and O–H groups in total. The number of benzene rings is 3. The van der Waals surface area contributed by atoms with Gasteiger partial charge in [0.1, 0.15) is 0 Å². The molecule has 0 heterocycles. The Morgan fingerprint density at radius 2 is 1.70 bits per heavy atom. The van der Waals surface area contributed by atoms with E-state index in [9.17, 15) is 0 Å². The summed E-state index contributed by atoms with van der Waals surface area (Å²) >= 11 is 0. The molecule has 0 saturated heterocycles. The second kappa shape index (κ2) is 8.13. The number of hydrogen-bond acceptors (Lipinski definition) is 0. The predicted octanol–water partition coefficient (Wildman–Crippen LogP) is 7.18. The maximum atomic E-state index is 2.46. The van der Waals surface area contributed by atoms with Crippen molar-refractivity contribution in [3.63, 3.8) is 0 Å². The van der Waals surface area contributed by atoms with E-state index in [-0.39, 0.29) is 0 Å². The Kier molecular flexibility index (Phi) is 5.43.